The van der Waals surface area contributed by atoms with Crippen LogP contribution in [0.5, 0.6) is 11.5 Å². The summed E-state index contributed by atoms with van der Waals surface area (Å²) in [6.45, 7) is 4.03. The van der Waals surface area contributed by atoms with Crippen LogP contribution in [0.3, 0.4) is 0 Å². The number of phenolic OH excluding ortho intramolecular Hbond substituents is 2. The van der Waals surface area contributed by atoms with Gasteiger partial charge in [-0.2, -0.15) is 0 Å². The van der Waals surface area contributed by atoms with Crippen LogP contribution in [-0.4, -0.2) is 46.0 Å². The molecule has 1 aliphatic carbocycles. The van der Waals surface area contributed by atoms with Crippen molar-refractivity contribution in [3.8, 4) is 11.5 Å². The number of aryl methyl sites for hydroxylation is 1. The number of hydrogen-bond acceptors (Lipinski definition) is 4. The first-order valence-electron chi connectivity index (χ1n) is 7.04. The first-order chi connectivity index (χ1) is 9.15. The summed E-state index contributed by atoms with van der Waals surface area (Å²) in [4.78, 5) is 2.33. The first-order valence-corrected chi connectivity index (χ1v) is 7.04. The molecule has 0 aromatic heterocycles. The van der Waals surface area contributed by atoms with E-state index in [0.717, 1.165) is 43.4 Å². The van der Waals surface area contributed by atoms with E-state index in [1.807, 2.05) is 0 Å². The van der Waals surface area contributed by atoms with Gasteiger partial charge in [0.15, 0.2) is 11.5 Å². The Morgan fingerprint density at radius 1 is 1.16 bits per heavy atom. The normalized spacial score (nSPS) is 18.6. The third-order valence-corrected chi connectivity index (χ3v) is 3.91. The topological polar surface area (TPSA) is 63.9 Å². The van der Waals surface area contributed by atoms with Gasteiger partial charge in [-0.3, -0.25) is 4.90 Å². The molecule has 2 rings (SSSR count). The van der Waals surface area contributed by atoms with Gasteiger partial charge >= 0.3 is 0 Å². The third kappa shape index (κ3) is 3.19. The lowest BCUT2D eigenvalue weighted by Gasteiger charge is -2.34. The smallest absolute Gasteiger partial charge is 0.157 e. The van der Waals surface area contributed by atoms with Crippen LogP contribution < -0.4 is 0 Å². The summed E-state index contributed by atoms with van der Waals surface area (Å²) >= 11 is 0. The van der Waals surface area contributed by atoms with Crippen molar-refractivity contribution < 1.29 is 15.3 Å². The fourth-order valence-corrected chi connectivity index (χ4v) is 2.97. The van der Waals surface area contributed by atoms with Gasteiger partial charge in [0.1, 0.15) is 0 Å². The lowest BCUT2D eigenvalue weighted by molar-refractivity contribution is 0.140. The maximum absolute atomic E-state index is 9.60. The second-order valence-corrected chi connectivity index (χ2v) is 5.27. The van der Waals surface area contributed by atoms with E-state index < -0.39 is 0 Å². The van der Waals surface area contributed by atoms with E-state index in [0.29, 0.717) is 12.6 Å². The van der Waals surface area contributed by atoms with Gasteiger partial charge in [0, 0.05) is 12.6 Å². The number of hydrogen-bond donors (Lipinski definition) is 3. The van der Waals surface area contributed by atoms with Crippen LogP contribution in [0.25, 0.3) is 0 Å². The number of nitrogens with zero attached hydrogens (tertiary/aromatic N) is 1. The lowest BCUT2D eigenvalue weighted by Crippen LogP contribution is -2.41. The molecule has 1 aromatic carbocycles. The molecule has 0 radical (unpaired) electrons. The molecule has 1 unspecified atom stereocenters. The van der Waals surface area contributed by atoms with Gasteiger partial charge in [-0.1, -0.05) is 6.92 Å². The summed E-state index contributed by atoms with van der Waals surface area (Å²) in [6.07, 6.45) is 3.91. The largest absolute Gasteiger partial charge is 0.504 e. The molecule has 0 spiro atoms. The average molecular weight is 265 g/mol. The van der Waals surface area contributed by atoms with Gasteiger partial charge in [0.25, 0.3) is 0 Å². The molecule has 1 atom stereocenters. The highest BCUT2D eigenvalue weighted by molar-refractivity contribution is 5.46. The van der Waals surface area contributed by atoms with E-state index in [1.165, 1.54) is 0 Å². The summed E-state index contributed by atoms with van der Waals surface area (Å²) in [5.74, 6) is -0.0680. The molecule has 0 aliphatic heterocycles. The molecule has 1 aromatic rings. The van der Waals surface area contributed by atoms with E-state index in [9.17, 15) is 10.2 Å². The molecule has 0 bridgehead atoms. The number of aliphatic hydroxyl groups is 1. The van der Waals surface area contributed by atoms with Crippen molar-refractivity contribution in [2.75, 3.05) is 19.7 Å². The van der Waals surface area contributed by atoms with E-state index in [2.05, 4.69) is 11.8 Å². The van der Waals surface area contributed by atoms with Gasteiger partial charge in [-0.25, -0.2) is 0 Å². The Kier molecular flexibility index (Phi) is 4.66. The molecule has 0 amide bonds. The van der Waals surface area contributed by atoms with Crippen LogP contribution in [0.2, 0.25) is 0 Å². The number of benzene rings is 1. The van der Waals surface area contributed by atoms with E-state index in [1.54, 1.807) is 12.1 Å². The van der Waals surface area contributed by atoms with Crippen LogP contribution in [0.15, 0.2) is 12.1 Å². The van der Waals surface area contributed by atoms with E-state index >= 15 is 0 Å². The molecule has 4 nitrogen and oxygen atoms in total. The Morgan fingerprint density at radius 2 is 1.84 bits per heavy atom. The zero-order chi connectivity index (χ0) is 13.8. The van der Waals surface area contributed by atoms with E-state index in [4.69, 9.17) is 5.11 Å². The molecule has 0 saturated carbocycles. The quantitative estimate of drug-likeness (QED) is 0.709. The molecule has 1 aliphatic rings. The Bertz CT molecular complexity index is 428. The highest BCUT2D eigenvalue weighted by atomic mass is 16.3. The van der Waals surface area contributed by atoms with Crippen molar-refractivity contribution in [1.29, 1.82) is 0 Å². The Hall–Kier alpha value is -1.26. The summed E-state index contributed by atoms with van der Waals surface area (Å²) in [7, 11) is 0. The van der Waals surface area contributed by atoms with Gasteiger partial charge in [0.05, 0.1) is 6.61 Å². The van der Waals surface area contributed by atoms with E-state index in [-0.39, 0.29) is 18.1 Å². The average Bonchev–Trinajstić information content (AvgIpc) is 2.39. The minimum atomic E-state index is -0.0383. The lowest BCUT2D eigenvalue weighted by atomic mass is 9.87. The fraction of sp³-hybridized carbons (Fsp3) is 0.600. The molecule has 3 N–H and O–H groups in total. The number of phenols is 2. The highest BCUT2D eigenvalue weighted by Gasteiger charge is 2.24. The summed E-state index contributed by atoms with van der Waals surface area (Å²) in [6, 6.07) is 3.78. The minimum Gasteiger partial charge on any atom is -0.504 e. The van der Waals surface area contributed by atoms with Crippen LogP contribution in [-0.2, 0) is 12.8 Å². The zero-order valence-corrected chi connectivity index (χ0v) is 11.5. The minimum absolute atomic E-state index is 0.0297. The van der Waals surface area contributed by atoms with Crippen molar-refractivity contribution in [2.45, 2.75) is 38.6 Å². The first kappa shape index (κ1) is 14.2. The van der Waals surface area contributed by atoms with Gasteiger partial charge < -0.3 is 15.3 Å². The summed E-state index contributed by atoms with van der Waals surface area (Å²) in [5.41, 5.74) is 2.25. The molecule has 4 heteroatoms. The van der Waals surface area contributed by atoms with Crippen molar-refractivity contribution >= 4 is 0 Å². The Morgan fingerprint density at radius 3 is 2.47 bits per heavy atom. The second-order valence-electron chi connectivity index (χ2n) is 5.27. The number of aliphatic hydroxyl groups excluding tert-OH is 1. The predicted molar refractivity (Wildman–Crippen MR) is 74.5 cm³/mol. The van der Waals surface area contributed by atoms with Crippen molar-refractivity contribution in [3.63, 3.8) is 0 Å². The van der Waals surface area contributed by atoms with Crippen molar-refractivity contribution in [2.24, 2.45) is 0 Å². The van der Waals surface area contributed by atoms with Crippen LogP contribution in [0, 0.1) is 0 Å². The Labute approximate surface area is 114 Å². The molecule has 19 heavy (non-hydrogen) atoms. The maximum Gasteiger partial charge on any atom is 0.157 e. The number of fused-ring (bicyclic) bond motifs is 1. The Balaban J connectivity index is 2.14. The number of aromatic hydroxyl groups is 2. The molecule has 0 fully saturated rings. The van der Waals surface area contributed by atoms with Crippen LogP contribution in [0.1, 0.15) is 30.9 Å². The van der Waals surface area contributed by atoms with Crippen molar-refractivity contribution in [3.05, 3.63) is 23.3 Å². The van der Waals surface area contributed by atoms with Gasteiger partial charge in [-0.05, 0) is 55.5 Å². The van der Waals surface area contributed by atoms with Crippen molar-refractivity contribution in [1.82, 2.24) is 4.90 Å². The maximum atomic E-state index is 9.60. The molecule has 106 valence electrons. The van der Waals surface area contributed by atoms with Gasteiger partial charge in [-0.15, -0.1) is 0 Å². The molecular formula is C15H23NO3. The fourth-order valence-electron chi connectivity index (χ4n) is 2.97. The monoisotopic (exact) mass is 265 g/mol. The second kappa shape index (κ2) is 6.26. The van der Waals surface area contributed by atoms with Crippen LogP contribution in [0.4, 0.5) is 0 Å². The predicted octanol–water partition coefficient (Wildman–Crippen LogP) is 1.66. The van der Waals surface area contributed by atoms with Gasteiger partial charge in [0.2, 0.25) is 0 Å². The summed E-state index contributed by atoms with van der Waals surface area (Å²) in [5, 5.41) is 28.3. The zero-order valence-electron chi connectivity index (χ0n) is 11.5. The SMILES string of the molecule is CCCN(CCO)C1CCc2cc(O)c(O)cc2C1. The third-order valence-electron chi connectivity index (χ3n) is 3.91. The van der Waals surface area contributed by atoms with Crippen LogP contribution >= 0.6 is 0 Å². The molecular weight excluding hydrogens is 242 g/mol. The summed E-state index contributed by atoms with van der Waals surface area (Å²) < 4.78 is 0. The molecule has 0 heterocycles. The highest BCUT2D eigenvalue weighted by Crippen LogP contribution is 2.33. The molecule has 0 saturated heterocycles. The standard InChI is InChI=1S/C15H23NO3/c1-2-5-16(6-7-17)13-4-3-11-9-14(18)15(19)10-12(11)8-13/h9-10,13,17-19H,2-8H2,1H3. The number of rotatable bonds is 5.